The van der Waals surface area contributed by atoms with Gasteiger partial charge in [0.05, 0.1) is 16.3 Å². The summed E-state index contributed by atoms with van der Waals surface area (Å²) in [4.78, 5) is 8.72. The number of benzene rings is 6. The maximum Gasteiger partial charge on any atom is 0.296 e. The molecule has 2 radical (unpaired) electrons. The molecule has 1 aromatic heterocycles. The molecule has 2 N–H and O–H groups in total. The maximum absolute atomic E-state index is 12.6. The minimum Gasteiger partial charge on any atom is -0.744 e. The Labute approximate surface area is 371 Å². The van der Waals surface area contributed by atoms with Crippen molar-refractivity contribution in [3.05, 3.63) is 127 Å². The van der Waals surface area contributed by atoms with Crippen molar-refractivity contribution in [2.75, 3.05) is 34.8 Å². The van der Waals surface area contributed by atoms with Crippen LogP contribution < -0.4 is 19.7 Å². The van der Waals surface area contributed by atoms with E-state index in [1.54, 1.807) is 24.3 Å². The van der Waals surface area contributed by atoms with Crippen molar-refractivity contribution in [2.24, 2.45) is 0 Å². The molecule has 0 unspecified atom stereocenters. The Bertz CT molecular complexity index is 2770. The summed E-state index contributed by atoms with van der Waals surface area (Å²) >= 11 is 0. The number of anilines is 4. The van der Waals surface area contributed by atoms with Crippen LogP contribution in [0.15, 0.2) is 131 Å². The normalized spacial score (nSPS) is 11.6. The van der Waals surface area contributed by atoms with Gasteiger partial charge in [-0.05, 0) is 68.8 Å². The quantitative estimate of drug-likeness (QED) is 0.0443. The molecule has 0 saturated carbocycles. The second-order valence-electron chi connectivity index (χ2n) is 12.9. The predicted octanol–water partition coefficient (Wildman–Crippen LogP) is 6.82. The first-order valence-electron chi connectivity index (χ1n) is 17.6. The summed E-state index contributed by atoms with van der Waals surface area (Å²) in [6, 6.07) is 36.9. The van der Waals surface area contributed by atoms with Crippen LogP contribution in [0.2, 0.25) is 0 Å². The van der Waals surface area contributed by atoms with Crippen molar-refractivity contribution in [1.82, 2.24) is 4.98 Å². The zero-order valence-corrected chi connectivity index (χ0v) is 37.6. The van der Waals surface area contributed by atoms with E-state index in [9.17, 15) is 25.9 Å². The molecule has 0 amide bonds. The summed E-state index contributed by atoms with van der Waals surface area (Å²) in [6.45, 7) is 7.97. The molecule has 0 atom stereocenters. The van der Waals surface area contributed by atoms with Gasteiger partial charge < -0.3 is 19.7 Å². The number of nitrogens with one attached hydrogen (secondary N) is 1. The maximum atomic E-state index is 12.6. The largest absolute Gasteiger partial charge is 0.744 e. The van der Waals surface area contributed by atoms with Crippen molar-refractivity contribution in [3.8, 4) is 5.69 Å². The molecule has 278 valence electrons. The van der Waals surface area contributed by atoms with Crippen LogP contribution in [-0.4, -0.2) is 110 Å². The molecule has 0 aliphatic rings. The molecule has 0 saturated heterocycles. The number of para-hydroxylation sites is 1. The summed E-state index contributed by atoms with van der Waals surface area (Å²) in [5.74, 6) is 0. The van der Waals surface area contributed by atoms with Crippen LogP contribution in [0.4, 0.5) is 22.7 Å². The standard InChI is InChI=1S/C41H39N5O6S2.2Na/c1-4-44(5-2)37-22-19-29(24-40(37)54(50,51)52)42-36-26-39-41(34-18-11-10-17-33(34)36)43-35-21-20-31(25-38(35)46(39)30-14-8-7-9-15-30)45(6-3)27-28-13-12-16-32(23-28)53(47,48)49;;/h7-26H,4-6,27H2,1-3H3,(H2,47,48,49,50,51,52);;. The van der Waals surface area contributed by atoms with Gasteiger partial charge in [-0.25, -0.2) is 13.4 Å². The third-order valence-corrected chi connectivity index (χ3v) is 11.3. The molecule has 0 aliphatic carbocycles. The van der Waals surface area contributed by atoms with Crippen LogP contribution in [0.25, 0.3) is 38.5 Å². The molecule has 0 aliphatic heterocycles. The van der Waals surface area contributed by atoms with E-state index in [1.165, 1.54) is 18.2 Å². The van der Waals surface area contributed by atoms with Crippen LogP contribution in [0, 0.1) is 0 Å². The molecular formula is C41H39N5Na2O6S2. The van der Waals surface area contributed by atoms with Crippen LogP contribution in [0.5, 0.6) is 0 Å². The zero-order valence-electron chi connectivity index (χ0n) is 32.0. The first-order chi connectivity index (χ1) is 25.9. The summed E-state index contributed by atoms with van der Waals surface area (Å²) in [6.07, 6.45) is 0. The number of fused-ring (bicyclic) bond motifs is 4. The molecule has 56 heavy (non-hydrogen) atoms. The molecule has 7 rings (SSSR count). The van der Waals surface area contributed by atoms with E-state index in [-0.39, 0.29) is 68.9 Å². The molecule has 0 fully saturated rings. The number of nitrogens with zero attached hydrogens (tertiary/aromatic N) is 4. The van der Waals surface area contributed by atoms with Gasteiger partial charge in [0.15, 0.2) is 0 Å². The van der Waals surface area contributed by atoms with E-state index < -0.39 is 20.2 Å². The second kappa shape index (κ2) is 17.9. The van der Waals surface area contributed by atoms with E-state index in [0.717, 1.165) is 44.2 Å². The molecule has 0 spiro atoms. The Morgan fingerprint density at radius 2 is 1.39 bits per heavy atom. The van der Waals surface area contributed by atoms with Gasteiger partial charge in [-0.15, -0.1) is 4.57 Å². The molecule has 6 aromatic carbocycles. The summed E-state index contributed by atoms with van der Waals surface area (Å²) in [5, 5.41) is 5.20. The van der Waals surface area contributed by atoms with E-state index in [4.69, 9.17) is 4.98 Å². The van der Waals surface area contributed by atoms with E-state index in [0.29, 0.717) is 48.8 Å². The van der Waals surface area contributed by atoms with Gasteiger partial charge in [-0.2, -0.15) is 8.42 Å². The van der Waals surface area contributed by atoms with Crippen LogP contribution in [0.1, 0.15) is 26.3 Å². The van der Waals surface area contributed by atoms with Crippen LogP contribution in [0.3, 0.4) is 0 Å². The summed E-state index contributed by atoms with van der Waals surface area (Å²) < 4.78 is 72.8. The van der Waals surface area contributed by atoms with Gasteiger partial charge in [0, 0.05) is 132 Å². The minimum atomic E-state index is -4.60. The smallest absolute Gasteiger partial charge is 0.296 e. The van der Waals surface area contributed by atoms with Crippen molar-refractivity contribution < 1.29 is 30.5 Å². The monoisotopic (exact) mass is 807 g/mol. The number of hydrogen-bond acceptors (Lipinski definition) is 9. The van der Waals surface area contributed by atoms with Gasteiger partial charge in [-0.1, -0.05) is 54.6 Å². The van der Waals surface area contributed by atoms with Gasteiger partial charge in [0.2, 0.25) is 16.7 Å². The topological polar surface area (TPSA) is 147 Å². The summed E-state index contributed by atoms with van der Waals surface area (Å²) in [7, 11) is -9.14. The first kappa shape index (κ1) is 43.5. The fourth-order valence-electron chi connectivity index (χ4n) is 7.01. The van der Waals surface area contributed by atoms with Gasteiger partial charge in [0.25, 0.3) is 10.1 Å². The molecule has 11 nitrogen and oxygen atoms in total. The molecule has 7 aromatic rings. The van der Waals surface area contributed by atoms with Crippen molar-refractivity contribution in [2.45, 2.75) is 37.1 Å². The van der Waals surface area contributed by atoms with Crippen LogP contribution in [-0.2, 0) is 26.8 Å². The van der Waals surface area contributed by atoms with Crippen molar-refractivity contribution in [1.29, 1.82) is 0 Å². The Balaban J connectivity index is 0.00000300. The fraction of sp³-hybridized carbons (Fsp3) is 0.171. The van der Waals surface area contributed by atoms with Crippen molar-refractivity contribution >= 4 is 135 Å². The van der Waals surface area contributed by atoms with Crippen molar-refractivity contribution in [3.63, 3.8) is 0 Å². The van der Waals surface area contributed by atoms with Gasteiger partial charge in [-0.3, -0.25) is 4.55 Å². The molecule has 1 heterocycles. The average molecular weight is 808 g/mol. The van der Waals surface area contributed by atoms with Crippen LogP contribution >= 0.6 is 0 Å². The van der Waals surface area contributed by atoms with E-state index in [2.05, 4.69) is 20.9 Å². The second-order valence-corrected chi connectivity index (χ2v) is 15.6. The van der Waals surface area contributed by atoms with Gasteiger partial charge >= 0.3 is 0 Å². The van der Waals surface area contributed by atoms with E-state index >= 15 is 0 Å². The molecular weight excluding hydrogens is 769 g/mol. The molecule has 0 bridgehead atoms. The number of rotatable bonds is 12. The molecule has 15 heteroatoms. The predicted molar refractivity (Wildman–Crippen MR) is 224 cm³/mol. The minimum absolute atomic E-state index is 0. The third-order valence-electron chi connectivity index (χ3n) is 9.61. The Kier molecular flexibility index (Phi) is 13.9. The summed E-state index contributed by atoms with van der Waals surface area (Å²) in [5.41, 5.74) is 7.19. The number of aromatic nitrogens is 2. The van der Waals surface area contributed by atoms with E-state index in [1.807, 2.05) is 98.5 Å². The number of hydrogen-bond donors (Lipinski definition) is 2. The SMILES string of the molecule is CCN(Cc1cccc(S(=O)(=O)[O-])c1)c1ccc2nc3c4ccccc4c(Nc4ccc(N(CC)CC)c(S(=O)(=O)O)c4)cc3[n+](-c3ccccc3)c2c1.[Na].[Na]. The fourth-order valence-corrected chi connectivity index (χ4v) is 8.29. The zero-order chi connectivity index (χ0) is 38.2. The third kappa shape index (κ3) is 8.92. The van der Waals surface area contributed by atoms with Gasteiger partial charge in [0.1, 0.15) is 26.0 Å². The average Bonchev–Trinajstić information content (AvgIpc) is 3.16. The Morgan fingerprint density at radius 1 is 0.714 bits per heavy atom. The Morgan fingerprint density at radius 3 is 2.05 bits per heavy atom. The first-order valence-corrected chi connectivity index (χ1v) is 20.4. The Hall–Kier alpha value is -3.60.